The monoisotopic (exact) mass is 229 g/mol. The zero-order chi connectivity index (χ0) is 11.4. The lowest BCUT2D eigenvalue weighted by molar-refractivity contribution is 0.626. The van der Waals surface area contributed by atoms with Crippen molar-refractivity contribution in [2.24, 2.45) is 5.73 Å². The summed E-state index contributed by atoms with van der Waals surface area (Å²) in [5, 5.41) is 4.31. The van der Waals surface area contributed by atoms with Crippen LogP contribution in [0, 0.1) is 6.92 Å². The molecule has 0 aliphatic heterocycles. The third-order valence-electron chi connectivity index (χ3n) is 2.04. The van der Waals surface area contributed by atoms with Crippen LogP contribution in [0.3, 0.4) is 0 Å². The zero-order valence-corrected chi connectivity index (χ0v) is 10.4. The lowest BCUT2D eigenvalue weighted by Crippen LogP contribution is -2.24. The third-order valence-corrected chi connectivity index (χ3v) is 3.56. The fourth-order valence-corrected chi connectivity index (χ4v) is 2.77. The molecule has 0 aliphatic carbocycles. The molecule has 2 N–H and O–H groups in total. The summed E-state index contributed by atoms with van der Waals surface area (Å²) >= 11 is 0. The Morgan fingerprint density at radius 1 is 1.67 bits per heavy atom. The van der Waals surface area contributed by atoms with E-state index in [9.17, 15) is 4.21 Å². The Morgan fingerprint density at radius 2 is 2.33 bits per heavy atom. The van der Waals surface area contributed by atoms with Gasteiger partial charge < -0.3 is 5.73 Å². The molecule has 1 rings (SSSR count). The van der Waals surface area contributed by atoms with E-state index in [-0.39, 0.29) is 6.04 Å². The minimum absolute atomic E-state index is 0.00933. The summed E-state index contributed by atoms with van der Waals surface area (Å²) in [6.07, 6.45) is 0. The first-order valence-corrected chi connectivity index (χ1v) is 6.65. The number of aromatic nitrogens is 2. The largest absolute Gasteiger partial charge is 0.327 e. The zero-order valence-electron chi connectivity index (χ0n) is 9.56. The molecule has 0 aromatic carbocycles. The predicted octanol–water partition coefficient (Wildman–Crippen LogP) is 0.807. The molecule has 15 heavy (non-hydrogen) atoms. The molecular formula is C10H19N3OS. The molecule has 0 spiro atoms. The first-order valence-electron chi connectivity index (χ1n) is 5.16. The summed E-state index contributed by atoms with van der Waals surface area (Å²) in [5.41, 5.74) is 7.62. The maximum atomic E-state index is 11.7. The van der Waals surface area contributed by atoms with E-state index in [0.717, 1.165) is 17.9 Å². The minimum Gasteiger partial charge on any atom is -0.327 e. The second-order valence-corrected chi connectivity index (χ2v) is 5.32. The van der Waals surface area contributed by atoms with Crippen molar-refractivity contribution >= 4 is 10.8 Å². The normalized spacial score (nSPS) is 15.2. The Kier molecular flexibility index (Phi) is 4.47. The fraction of sp³-hybridized carbons (Fsp3) is 0.700. The lowest BCUT2D eigenvalue weighted by Gasteiger charge is -2.06. The molecule has 4 nitrogen and oxygen atoms in total. The average molecular weight is 229 g/mol. The first kappa shape index (κ1) is 12.4. The lowest BCUT2D eigenvalue weighted by atomic mass is 10.4. The van der Waals surface area contributed by atoms with E-state index in [1.165, 1.54) is 0 Å². The minimum atomic E-state index is -0.885. The molecule has 1 aromatic heterocycles. The Balaban J connectivity index is 2.67. The van der Waals surface area contributed by atoms with Gasteiger partial charge in [0.2, 0.25) is 0 Å². The van der Waals surface area contributed by atoms with E-state index >= 15 is 0 Å². The molecule has 2 atom stereocenters. The standard InChI is InChI=1S/C10H19N3OS/c1-4-13-10(5-9(3)12-13)7-15(14)6-8(2)11/h5,8H,4,6-7,11H2,1-3H3. The van der Waals surface area contributed by atoms with Gasteiger partial charge in [0.05, 0.1) is 17.1 Å². The number of hydrogen-bond acceptors (Lipinski definition) is 3. The molecule has 0 saturated carbocycles. The molecule has 0 bridgehead atoms. The van der Waals surface area contributed by atoms with Crippen LogP contribution in [0.4, 0.5) is 0 Å². The summed E-state index contributed by atoms with van der Waals surface area (Å²) in [6.45, 7) is 6.67. The molecular weight excluding hydrogens is 210 g/mol. The maximum absolute atomic E-state index is 11.7. The van der Waals surface area contributed by atoms with Gasteiger partial charge in [0.25, 0.3) is 0 Å². The highest BCUT2D eigenvalue weighted by Gasteiger charge is 2.09. The van der Waals surface area contributed by atoms with Crippen LogP contribution in [0.25, 0.3) is 0 Å². The van der Waals surface area contributed by atoms with Crippen molar-refractivity contribution in [2.45, 2.75) is 39.1 Å². The molecule has 0 fully saturated rings. The SMILES string of the molecule is CCn1nc(C)cc1CS(=O)CC(C)N. The van der Waals surface area contributed by atoms with Crippen molar-refractivity contribution in [3.05, 3.63) is 17.5 Å². The maximum Gasteiger partial charge on any atom is 0.0656 e. The Morgan fingerprint density at radius 3 is 2.87 bits per heavy atom. The van der Waals surface area contributed by atoms with Crippen molar-refractivity contribution in [3.63, 3.8) is 0 Å². The van der Waals surface area contributed by atoms with E-state index in [4.69, 9.17) is 5.73 Å². The van der Waals surface area contributed by atoms with E-state index < -0.39 is 10.8 Å². The molecule has 0 amide bonds. The fourth-order valence-electron chi connectivity index (χ4n) is 1.51. The second-order valence-electron chi connectivity index (χ2n) is 3.82. The first-order chi connectivity index (χ1) is 7.02. The van der Waals surface area contributed by atoms with Crippen LogP contribution in [0.2, 0.25) is 0 Å². The quantitative estimate of drug-likeness (QED) is 0.812. The summed E-state index contributed by atoms with van der Waals surface area (Å²) in [6, 6.07) is 1.98. The summed E-state index contributed by atoms with van der Waals surface area (Å²) < 4.78 is 13.6. The van der Waals surface area contributed by atoms with Crippen LogP contribution < -0.4 is 5.73 Å². The Bertz CT molecular complexity index is 346. The van der Waals surface area contributed by atoms with Crippen LogP contribution in [0.15, 0.2) is 6.07 Å². The van der Waals surface area contributed by atoms with Crippen LogP contribution in [-0.2, 0) is 23.1 Å². The summed E-state index contributed by atoms with van der Waals surface area (Å²) in [4.78, 5) is 0. The van der Waals surface area contributed by atoms with E-state index in [1.54, 1.807) is 0 Å². The van der Waals surface area contributed by atoms with Gasteiger partial charge in [-0.25, -0.2) is 0 Å². The van der Waals surface area contributed by atoms with Gasteiger partial charge in [-0.2, -0.15) is 5.10 Å². The van der Waals surface area contributed by atoms with Gasteiger partial charge in [0, 0.05) is 29.1 Å². The highest BCUT2D eigenvalue weighted by molar-refractivity contribution is 7.84. The number of nitrogens with zero attached hydrogens (tertiary/aromatic N) is 2. The molecule has 1 aromatic rings. The molecule has 5 heteroatoms. The Labute approximate surface area is 93.3 Å². The predicted molar refractivity (Wildman–Crippen MR) is 63.0 cm³/mol. The van der Waals surface area contributed by atoms with Crippen molar-refractivity contribution in [1.82, 2.24) is 9.78 Å². The summed E-state index contributed by atoms with van der Waals surface area (Å²) in [5.74, 6) is 1.10. The molecule has 0 saturated heterocycles. The topological polar surface area (TPSA) is 60.9 Å². The van der Waals surface area contributed by atoms with Gasteiger partial charge in [-0.1, -0.05) is 0 Å². The third kappa shape index (κ3) is 3.76. The van der Waals surface area contributed by atoms with Crippen molar-refractivity contribution in [3.8, 4) is 0 Å². The van der Waals surface area contributed by atoms with E-state index in [1.807, 2.05) is 31.5 Å². The smallest absolute Gasteiger partial charge is 0.0656 e. The summed E-state index contributed by atoms with van der Waals surface area (Å²) in [7, 11) is -0.885. The second kappa shape index (κ2) is 5.42. The Hall–Kier alpha value is -0.680. The number of nitrogens with two attached hydrogens (primary N) is 1. The van der Waals surface area contributed by atoms with Gasteiger partial charge in [0.15, 0.2) is 0 Å². The average Bonchev–Trinajstić information content (AvgIpc) is 2.44. The van der Waals surface area contributed by atoms with Gasteiger partial charge in [-0.15, -0.1) is 0 Å². The van der Waals surface area contributed by atoms with Gasteiger partial charge in [-0.3, -0.25) is 8.89 Å². The van der Waals surface area contributed by atoms with Crippen LogP contribution in [0.1, 0.15) is 25.2 Å². The van der Waals surface area contributed by atoms with Gasteiger partial charge in [-0.05, 0) is 26.8 Å². The molecule has 1 heterocycles. The van der Waals surface area contributed by atoms with E-state index in [0.29, 0.717) is 11.5 Å². The molecule has 0 aliphatic rings. The van der Waals surface area contributed by atoms with Crippen LogP contribution in [0.5, 0.6) is 0 Å². The number of hydrogen-bond donors (Lipinski definition) is 1. The molecule has 0 radical (unpaired) electrons. The van der Waals surface area contributed by atoms with Crippen LogP contribution in [-0.4, -0.2) is 25.8 Å². The highest BCUT2D eigenvalue weighted by atomic mass is 32.2. The van der Waals surface area contributed by atoms with Crippen molar-refractivity contribution in [2.75, 3.05) is 5.75 Å². The highest BCUT2D eigenvalue weighted by Crippen LogP contribution is 2.07. The molecule has 2 unspecified atom stereocenters. The van der Waals surface area contributed by atoms with Crippen molar-refractivity contribution in [1.29, 1.82) is 0 Å². The molecule has 86 valence electrons. The van der Waals surface area contributed by atoms with Gasteiger partial charge >= 0.3 is 0 Å². The van der Waals surface area contributed by atoms with Crippen molar-refractivity contribution < 1.29 is 4.21 Å². The van der Waals surface area contributed by atoms with Gasteiger partial charge in [0.1, 0.15) is 0 Å². The number of rotatable bonds is 5. The van der Waals surface area contributed by atoms with E-state index in [2.05, 4.69) is 5.10 Å². The number of aryl methyl sites for hydroxylation is 2. The van der Waals surface area contributed by atoms with Crippen LogP contribution >= 0.6 is 0 Å².